The quantitative estimate of drug-likeness (QED) is 0.633. The van der Waals surface area contributed by atoms with Gasteiger partial charge in [-0.3, -0.25) is 4.99 Å². The van der Waals surface area contributed by atoms with E-state index >= 15 is 0 Å². The van der Waals surface area contributed by atoms with Crippen LogP contribution in [0.15, 0.2) is 66.1 Å². The molecule has 1 fully saturated rings. The summed E-state index contributed by atoms with van der Waals surface area (Å²) in [5, 5.41) is 1.17. The number of hydrogen-bond acceptors (Lipinski definition) is 5. The van der Waals surface area contributed by atoms with E-state index in [4.69, 9.17) is 4.99 Å². The molecular formula is C25H30N6. The maximum absolute atomic E-state index is 4.90. The fourth-order valence-corrected chi connectivity index (χ4v) is 4.41. The lowest BCUT2D eigenvalue weighted by molar-refractivity contribution is 0.313. The summed E-state index contributed by atoms with van der Waals surface area (Å²) in [5.41, 5.74) is 5.71. The van der Waals surface area contributed by atoms with Crippen molar-refractivity contribution in [3.63, 3.8) is 0 Å². The minimum Gasteiger partial charge on any atom is -0.369 e. The van der Waals surface area contributed by atoms with E-state index in [1.54, 1.807) is 0 Å². The van der Waals surface area contributed by atoms with E-state index < -0.39 is 0 Å². The molecule has 4 heterocycles. The molecule has 0 aliphatic carbocycles. The number of likely N-dealkylation sites (N-methyl/N-ethyl adjacent to an activating group) is 1. The Hall–Kier alpha value is -3.12. The number of pyridine rings is 1. The molecule has 0 bridgehead atoms. The van der Waals surface area contributed by atoms with Crippen molar-refractivity contribution in [2.75, 3.05) is 49.7 Å². The van der Waals surface area contributed by atoms with Crippen LogP contribution in [0.25, 0.3) is 11.0 Å². The van der Waals surface area contributed by atoms with Gasteiger partial charge in [-0.2, -0.15) is 0 Å². The lowest BCUT2D eigenvalue weighted by atomic mass is 10.1. The molecule has 0 N–H and O–H groups in total. The van der Waals surface area contributed by atoms with Crippen LogP contribution in [0.4, 0.5) is 11.4 Å². The first-order valence-electron chi connectivity index (χ1n) is 11.2. The molecule has 0 unspecified atom stereocenters. The number of anilines is 2. The molecule has 1 saturated heterocycles. The number of allylic oxidation sites excluding steroid dienone is 1. The first-order valence-corrected chi connectivity index (χ1v) is 11.2. The Morgan fingerprint density at radius 3 is 2.45 bits per heavy atom. The Morgan fingerprint density at radius 1 is 0.968 bits per heavy atom. The van der Waals surface area contributed by atoms with Crippen molar-refractivity contribution in [3.05, 3.63) is 66.6 Å². The van der Waals surface area contributed by atoms with Crippen molar-refractivity contribution in [2.24, 2.45) is 4.99 Å². The second kappa shape index (κ2) is 8.55. The molecule has 2 aliphatic heterocycles. The Morgan fingerprint density at radius 2 is 1.74 bits per heavy atom. The number of rotatable bonds is 5. The minimum absolute atomic E-state index is 0.625. The van der Waals surface area contributed by atoms with Crippen LogP contribution in [0, 0.1) is 0 Å². The first-order chi connectivity index (χ1) is 15.2. The van der Waals surface area contributed by atoms with E-state index in [2.05, 4.69) is 87.0 Å². The molecule has 2 aromatic heterocycles. The largest absolute Gasteiger partial charge is 0.369 e. The monoisotopic (exact) mass is 414 g/mol. The Labute approximate surface area is 184 Å². The highest BCUT2D eigenvalue weighted by Crippen LogP contribution is 2.26. The summed E-state index contributed by atoms with van der Waals surface area (Å²) in [5.74, 6) is 0. The SMILES string of the molecule is CCCn1cc(C2=NCN(c3ccc(N4CCN(C)CC4)cc3)C=C2)c2cccnc21. The van der Waals surface area contributed by atoms with Gasteiger partial charge in [-0.25, -0.2) is 4.98 Å². The summed E-state index contributed by atoms with van der Waals surface area (Å²) in [4.78, 5) is 16.5. The molecule has 160 valence electrons. The van der Waals surface area contributed by atoms with Gasteiger partial charge in [0.05, 0.1) is 5.71 Å². The smallest absolute Gasteiger partial charge is 0.140 e. The average molecular weight is 415 g/mol. The Kier molecular flexibility index (Phi) is 5.47. The van der Waals surface area contributed by atoms with Crippen LogP contribution < -0.4 is 9.80 Å². The van der Waals surface area contributed by atoms with Crippen LogP contribution >= 0.6 is 0 Å². The van der Waals surface area contributed by atoms with Crippen LogP contribution in [0.1, 0.15) is 18.9 Å². The number of aromatic nitrogens is 2. The highest BCUT2D eigenvalue weighted by Gasteiger charge is 2.17. The van der Waals surface area contributed by atoms with E-state index in [1.165, 1.54) is 16.8 Å². The lowest BCUT2D eigenvalue weighted by Gasteiger charge is -2.34. The number of hydrogen-bond donors (Lipinski definition) is 0. The molecule has 2 aliphatic rings. The topological polar surface area (TPSA) is 39.9 Å². The molecule has 0 radical (unpaired) electrons. The Balaban J connectivity index is 1.32. The van der Waals surface area contributed by atoms with Crippen molar-refractivity contribution >= 4 is 28.1 Å². The molecule has 3 aromatic rings. The first kappa shape index (κ1) is 19.8. The summed E-state index contributed by atoms with van der Waals surface area (Å²) in [6.45, 7) is 8.22. The number of fused-ring (bicyclic) bond motifs is 1. The van der Waals surface area contributed by atoms with Crippen molar-refractivity contribution < 1.29 is 0 Å². The molecule has 0 spiro atoms. The standard InChI is InChI=1S/C25H30N6/c1-3-12-30-18-23(22-5-4-11-26-25(22)30)24-10-13-31(19-27-24)21-8-6-20(7-9-21)29-16-14-28(2)15-17-29/h4-11,13,18H,3,12,14-17,19H2,1-2H3. The van der Waals surface area contributed by atoms with Gasteiger partial charge in [-0.15, -0.1) is 0 Å². The summed E-state index contributed by atoms with van der Waals surface area (Å²) in [6.07, 6.45) is 9.41. The van der Waals surface area contributed by atoms with Crippen LogP contribution in [-0.4, -0.2) is 60.1 Å². The van der Waals surface area contributed by atoms with E-state index in [-0.39, 0.29) is 0 Å². The van der Waals surface area contributed by atoms with Gasteiger partial charge in [-0.1, -0.05) is 6.92 Å². The summed E-state index contributed by atoms with van der Waals surface area (Å²) in [7, 11) is 2.19. The van der Waals surface area contributed by atoms with Gasteiger partial charge < -0.3 is 19.3 Å². The zero-order valence-corrected chi connectivity index (χ0v) is 18.4. The normalized spacial score (nSPS) is 17.4. The van der Waals surface area contributed by atoms with Gasteiger partial charge in [0.1, 0.15) is 12.3 Å². The van der Waals surface area contributed by atoms with Crippen molar-refractivity contribution in [3.8, 4) is 0 Å². The zero-order chi connectivity index (χ0) is 21.2. The average Bonchev–Trinajstić information content (AvgIpc) is 3.19. The van der Waals surface area contributed by atoms with Crippen molar-refractivity contribution in [1.82, 2.24) is 14.5 Å². The molecule has 1 aromatic carbocycles. The number of nitrogens with zero attached hydrogens (tertiary/aromatic N) is 6. The van der Waals surface area contributed by atoms with Crippen LogP contribution in [0.5, 0.6) is 0 Å². The van der Waals surface area contributed by atoms with E-state index in [1.807, 2.05) is 12.3 Å². The summed E-state index contributed by atoms with van der Waals surface area (Å²) >= 11 is 0. The third-order valence-electron chi connectivity index (χ3n) is 6.23. The molecule has 0 amide bonds. The van der Waals surface area contributed by atoms with Gasteiger partial charge in [0.15, 0.2) is 0 Å². The van der Waals surface area contributed by atoms with Gasteiger partial charge in [0, 0.05) is 73.6 Å². The van der Waals surface area contributed by atoms with Crippen molar-refractivity contribution in [1.29, 1.82) is 0 Å². The number of aliphatic imine (C=N–C) groups is 1. The maximum atomic E-state index is 4.90. The lowest BCUT2D eigenvalue weighted by Crippen LogP contribution is -2.44. The molecular weight excluding hydrogens is 384 g/mol. The molecule has 5 rings (SSSR count). The van der Waals surface area contributed by atoms with E-state index in [9.17, 15) is 0 Å². The van der Waals surface area contributed by atoms with Gasteiger partial charge >= 0.3 is 0 Å². The van der Waals surface area contributed by atoms with Crippen LogP contribution in [0.3, 0.4) is 0 Å². The maximum Gasteiger partial charge on any atom is 0.140 e. The number of piperazine rings is 1. The molecule has 0 atom stereocenters. The third kappa shape index (κ3) is 3.95. The second-order valence-electron chi connectivity index (χ2n) is 8.39. The minimum atomic E-state index is 0.625. The molecule has 0 saturated carbocycles. The number of benzene rings is 1. The van der Waals surface area contributed by atoms with Crippen molar-refractivity contribution in [2.45, 2.75) is 19.9 Å². The predicted octanol–water partition coefficient (Wildman–Crippen LogP) is 3.98. The summed E-state index contributed by atoms with van der Waals surface area (Å²) < 4.78 is 2.24. The fraction of sp³-hybridized carbons (Fsp3) is 0.360. The van der Waals surface area contributed by atoms with Crippen LogP contribution in [0.2, 0.25) is 0 Å². The summed E-state index contributed by atoms with van der Waals surface area (Å²) in [6, 6.07) is 13.0. The second-order valence-corrected chi connectivity index (χ2v) is 8.39. The molecule has 31 heavy (non-hydrogen) atoms. The fourth-order valence-electron chi connectivity index (χ4n) is 4.41. The highest BCUT2D eigenvalue weighted by molar-refractivity contribution is 6.16. The zero-order valence-electron chi connectivity index (χ0n) is 18.4. The predicted molar refractivity (Wildman–Crippen MR) is 129 cm³/mol. The Bertz CT molecular complexity index is 1100. The van der Waals surface area contributed by atoms with Gasteiger partial charge in [0.25, 0.3) is 0 Å². The third-order valence-corrected chi connectivity index (χ3v) is 6.23. The van der Waals surface area contributed by atoms with Gasteiger partial charge in [-0.05, 0) is 55.9 Å². The highest BCUT2D eigenvalue weighted by atomic mass is 15.2. The van der Waals surface area contributed by atoms with E-state index in [0.29, 0.717) is 6.67 Å². The number of aryl methyl sites for hydroxylation is 1. The molecule has 6 nitrogen and oxygen atoms in total. The van der Waals surface area contributed by atoms with Crippen LogP contribution in [-0.2, 0) is 6.54 Å². The van der Waals surface area contributed by atoms with Gasteiger partial charge in [0.2, 0.25) is 0 Å². The molecule has 6 heteroatoms. The van der Waals surface area contributed by atoms with E-state index in [0.717, 1.165) is 56.1 Å².